The van der Waals surface area contributed by atoms with E-state index in [-0.39, 0.29) is 0 Å². The molecule has 1 saturated carbocycles. The molecule has 0 saturated heterocycles. The molecular formula is C14H13ClN2. The van der Waals surface area contributed by atoms with Crippen LogP contribution in [0.3, 0.4) is 0 Å². The van der Waals surface area contributed by atoms with Gasteiger partial charge in [-0.1, -0.05) is 48.9 Å². The first-order chi connectivity index (χ1) is 8.24. The number of aromatic nitrogens is 2. The molecule has 0 N–H and O–H groups in total. The lowest BCUT2D eigenvalue weighted by molar-refractivity contribution is 0.844. The molecule has 2 nitrogen and oxygen atoms in total. The highest BCUT2D eigenvalue weighted by molar-refractivity contribution is 6.29. The summed E-state index contributed by atoms with van der Waals surface area (Å²) in [6.07, 6.45) is 1.18. The predicted octanol–water partition coefficient (Wildman–Crippen LogP) is 3.92. The molecule has 1 heterocycles. The standard InChI is InChI=1S/C14H13ClN2/c1-9-7-11(9)14-16-12(8-13(15)17-14)10-5-3-2-4-6-10/h2-6,8-9,11H,7H2,1H3. The molecule has 0 amide bonds. The van der Waals surface area contributed by atoms with Gasteiger partial charge in [-0.15, -0.1) is 0 Å². The minimum Gasteiger partial charge on any atom is -0.232 e. The van der Waals surface area contributed by atoms with Crippen molar-refractivity contribution in [3.63, 3.8) is 0 Å². The smallest absolute Gasteiger partial charge is 0.134 e. The molecule has 0 radical (unpaired) electrons. The third-order valence-corrected chi connectivity index (χ3v) is 3.42. The maximum absolute atomic E-state index is 6.07. The molecular weight excluding hydrogens is 232 g/mol. The third-order valence-electron chi connectivity index (χ3n) is 3.22. The second-order valence-corrected chi connectivity index (χ2v) is 5.01. The number of rotatable bonds is 2. The van der Waals surface area contributed by atoms with E-state index in [1.165, 1.54) is 6.42 Å². The number of hydrogen-bond donors (Lipinski definition) is 0. The molecule has 86 valence electrons. The fraction of sp³-hybridized carbons (Fsp3) is 0.286. The van der Waals surface area contributed by atoms with Crippen LogP contribution in [0.15, 0.2) is 36.4 Å². The summed E-state index contributed by atoms with van der Waals surface area (Å²) in [4.78, 5) is 8.95. The molecule has 1 fully saturated rings. The summed E-state index contributed by atoms with van der Waals surface area (Å²) >= 11 is 6.07. The van der Waals surface area contributed by atoms with Crippen molar-refractivity contribution in [2.24, 2.45) is 5.92 Å². The van der Waals surface area contributed by atoms with Gasteiger partial charge in [0.25, 0.3) is 0 Å². The fourth-order valence-electron chi connectivity index (χ4n) is 2.04. The van der Waals surface area contributed by atoms with Crippen molar-refractivity contribution in [1.29, 1.82) is 0 Å². The van der Waals surface area contributed by atoms with Gasteiger partial charge in [0.05, 0.1) is 5.69 Å². The van der Waals surface area contributed by atoms with Crippen LogP contribution in [0.25, 0.3) is 11.3 Å². The Morgan fingerprint density at radius 2 is 1.88 bits per heavy atom. The zero-order valence-electron chi connectivity index (χ0n) is 9.60. The summed E-state index contributed by atoms with van der Waals surface area (Å²) in [7, 11) is 0. The summed E-state index contributed by atoms with van der Waals surface area (Å²) in [5.41, 5.74) is 2.01. The highest BCUT2D eigenvalue weighted by Crippen LogP contribution is 2.45. The van der Waals surface area contributed by atoms with Gasteiger partial charge in [0.2, 0.25) is 0 Å². The Morgan fingerprint density at radius 1 is 1.18 bits per heavy atom. The van der Waals surface area contributed by atoms with Crippen LogP contribution in [-0.2, 0) is 0 Å². The minimum atomic E-state index is 0.496. The van der Waals surface area contributed by atoms with Gasteiger partial charge in [0.15, 0.2) is 0 Å². The highest BCUT2D eigenvalue weighted by Gasteiger charge is 2.36. The molecule has 1 aliphatic carbocycles. The highest BCUT2D eigenvalue weighted by atomic mass is 35.5. The number of benzene rings is 1. The summed E-state index contributed by atoms with van der Waals surface area (Å²) in [5.74, 6) is 2.08. The molecule has 17 heavy (non-hydrogen) atoms. The number of halogens is 1. The van der Waals surface area contributed by atoms with Gasteiger partial charge < -0.3 is 0 Å². The largest absolute Gasteiger partial charge is 0.232 e. The summed E-state index contributed by atoms with van der Waals surface area (Å²) in [5, 5.41) is 0.535. The lowest BCUT2D eigenvalue weighted by Gasteiger charge is -2.04. The van der Waals surface area contributed by atoms with Crippen LogP contribution in [0.1, 0.15) is 25.1 Å². The van der Waals surface area contributed by atoms with Crippen molar-refractivity contribution in [3.8, 4) is 11.3 Å². The van der Waals surface area contributed by atoms with Crippen molar-refractivity contribution in [3.05, 3.63) is 47.4 Å². The van der Waals surface area contributed by atoms with E-state index < -0.39 is 0 Å². The second-order valence-electron chi connectivity index (χ2n) is 4.62. The second kappa shape index (κ2) is 4.11. The molecule has 1 aromatic carbocycles. The van der Waals surface area contributed by atoms with Gasteiger partial charge >= 0.3 is 0 Å². The zero-order valence-corrected chi connectivity index (χ0v) is 10.4. The third kappa shape index (κ3) is 2.18. The predicted molar refractivity (Wildman–Crippen MR) is 69.0 cm³/mol. The fourth-order valence-corrected chi connectivity index (χ4v) is 2.23. The number of nitrogens with zero attached hydrogens (tertiary/aromatic N) is 2. The first-order valence-electron chi connectivity index (χ1n) is 5.84. The van der Waals surface area contributed by atoms with Gasteiger partial charge in [-0.05, 0) is 12.3 Å². The van der Waals surface area contributed by atoms with Crippen molar-refractivity contribution in [2.45, 2.75) is 19.3 Å². The maximum atomic E-state index is 6.07. The first-order valence-corrected chi connectivity index (χ1v) is 6.22. The molecule has 0 spiro atoms. The van der Waals surface area contributed by atoms with Crippen LogP contribution < -0.4 is 0 Å². The molecule has 1 aromatic heterocycles. The SMILES string of the molecule is CC1CC1c1nc(Cl)cc(-c2ccccc2)n1. The first kappa shape index (κ1) is 10.7. The van der Waals surface area contributed by atoms with Gasteiger partial charge in [0.1, 0.15) is 11.0 Å². The quantitative estimate of drug-likeness (QED) is 0.749. The zero-order chi connectivity index (χ0) is 11.8. The topological polar surface area (TPSA) is 25.8 Å². The molecule has 0 bridgehead atoms. The maximum Gasteiger partial charge on any atom is 0.134 e. The summed E-state index contributed by atoms with van der Waals surface area (Å²) < 4.78 is 0. The van der Waals surface area contributed by atoms with Crippen molar-refractivity contribution >= 4 is 11.6 Å². The Bertz CT molecular complexity index is 539. The van der Waals surface area contributed by atoms with Crippen LogP contribution >= 0.6 is 11.6 Å². The van der Waals surface area contributed by atoms with Gasteiger partial charge in [-0.25, -0.2) is 9.97 Å². The van der Waals surface area contributed by atoms with Crippen molar-refractivity contribution in [1.82, 2.24) is 9.97 Å². The van der Waals surface area contributed by atoms with Crippen LogP contribution in [0.2, 0.25) is 5.15 Å². The van der Waals surface area contributed by atoms with Gasteiger partial charge in [-0.2, -0.15) is 0 Å². The summed E-state index contributed by atoms with van der Waals surface area (Å²) in [6.45, 7) is 2.22. The minimum absolute atomic E-state index is 0.496. The van der Waals surface area contributed by atoms with Crippen LogP contribution in [0.5, 0.6) is 0 Å². The van der Waals surface area contributed by atoms with E-state index in [4.69, 9.17) is 11.6 Å². The normalized spacial score (nSPS) is 22.5. The Kier molecular flexibility index (Phi) is 2.60. The molecule has 2 atom stereocenters. The Morgan fingerprint density at radius 3 is 2.53 bits per heavy atom. The molecule has 0 aliphatic heterocycles. The van der Waals surface area contributed by atoms with Gasteiger partial charge in [0, 0.05) is 17.5 Å². The van der Waals surface area contributed by atoms with Gasteiger partial charge in [-0.3, -0.25) is 0 Å². The molecule has 3 heteroatoms. The van der Waals surface area contributed by atoms with E-state index in [9.17, 15) is 0 Å². The summed E-state index contributed by atoms with van der Waals surface area (Å²) in [6, 6.07) is 11.9. The lowest BCUT2D eigenvalue weighted by Crippen LogP contribution is -1.96. The Hall–Kier alpha value is -1.41. The van der Waals surface area contributed by atoms with Crippen LogP contribution in [-0.4, -0.2) is 9.97 Å². The Labute approximate surface area is 106 Å². The molecule has 3 rings (SSSR count). The van der Waals surface area contributed by atoms with E-state index >= 15 is 0 Å². The monoisotopic (exact) mass is 244 g/mol. The average Bonchev–Trinajstić information content (AvgIpc) is 3.07. The van der Waals surface area contributed by atoms with Crippen molar-refractivity contribution < 1.29 is 0 Å². The average molecular weight is 245 g/mol. The molecule has 2 aromatic rings. The van der Waals surface area contributed by atoms with E-state index in [1.54, 1.807) is 0 Å². The molecule has 1 aliphatic rings. The Balaban J connectivity index is 2.03. The van der Waals surface area contributed by atoms with E-state index in [0.29, 0.717) is 17.0 Å². The van der Waals surface area contributed by atoms with E-state index in [2.05, 4.69) is 16.9 Å². The van der Waals surface area contributed by atoms with Crippen LogP contribution in [0, 0.1) is 5.92 Å². The lowest BCUT2D eigenvalue weighted by atomic mass is 10.1. The van der Waals surface area contributed by atoms with Crippen molar-refractivity contribution in [2.75, 3.05) is 0 Å². The van der Waals surface area contributed by atoms with E-state index in [1.807, 2.05) is 36.4 Å². The van der Waals surface area contributed by atoms with E-state index in [0.717, 1.165) is 17.1 Å². The van der Waals surface area contributed by atoms with Crippen LogP contribution in [0.4, 0.5) is 0 Å². The number of hydrogen-bond acceptors (Lipinski definition) is 2. The molecule has 2 unspecified atom stereocenters.